The number of benzene rings is 1. The van der Waals surface area contributed by atoms with E-state index in [1.54, 1.807) is 26.2 Å². The molecule has 1 spiro atoms. The van der Waals surface area contributed by atoms with Gasteiger partial charge in [-0.1, -0.05) is 12.2 Å². The van der Waals surface area contributed by atoms with E-state index in [1.165, 1.54) is 6.07 Å². The molecule has 18 heteroatoms. The van der Waals surface area contributed by atoms with E-state index in [9.17, 15) is 19.5 Å². The first kappa shape index (κ1) is 59.8. The third-order valence-corrected chi connectivity index (χ3v) is 14.4. The molecular weight excluding hydrogens is 890 g/mol. The number of piperidine rings is 3. The van der Waals surface area contributed by atoms with Gasteiger partial charge in [0.15, 0.2) is 0 Å². The lowest BCUT2D eigenvalue weighted by molar-refractivity contribution is -0.145. The Hall–Kier alpha value is -4.33. The summed E-state index contributed by atoms with van der Waals surface area (Å²) in [5.74, 6) is 0.758. The quantitative estimate of drug-likeness (QED) is 0.0404. The number of likely N-dealkylation sites (tertiary alicyclic amines) is 1. The standard InChI is InChI=1S/C28H41FN4O3S.C19H33N5O.CH4O.2CH2O/c1-18-13-24(29)25(14-23(18)26(35)31-19(2)3-4-21(34)17-30)32-11-7-28(8-12-32)15-20(16-28)27(36)33-9-5-22(37)6-10-33;1-19(25)10-4-5-16(19)7-6-15(13-20-2)18(21-3)24-14-23-17-8-11-22-12-9-17;3*1-2/h13-14,19-20,22,37H,3-12,15-17,30H2,1-2H3,(H,31,35);6-7,13,16-17,22-23,25H,2,4-5,8-12,14H2,1,3H3,(H,21,24);2H,1H3;2*1H2/b;7-6-,15-13-;;;/t;16?,19-;;;/m.1.../s1. The summed E-state index contributed by atoms with van der Waals surface area (Å²) in [6.45, 7) is 18.9. The van der Waals surface area contributed by atoms with Crippen LogP contribution in [-0.4, -0.2) is 148 Å². The number of nitrogens with zero attached hydrogens (tertiary/aromatic N) is 4. The topological polar surface area (TPSA) is 231 Å². The van der Waals surface area contributed by atoms with Gasteiger partial charge in [0, 0.05) is 93.3 Å². The number of ketones is 1. The van der Waals surface area contributed by atoms with Crippen LogP contribution in [0.15, 0.2) is 46.0 Å². The predicted octanol–water partition coefficient (Wildman–Crippen LogP) is 4.31. The number of aryl methyl sites for hydroxylation is 1. The molecule has 0 bridgehead atoms. The molecule has 1 aromatic carbocycles. The van der Waals surface area contributed by atoms with Crippen molar-refractivity contribution >= 4 is 62.0 Å². The number of carbonyl (C=O) groups excluding carboxylic acids is 5. The van der Waals surface area contributed by atoms with Crippen molar-refractivity contribution in [2.75, 3.05) is 71.5 Å². The second-order valence-electron chi connectivity index (χ2n) is 18.6. The second-order valence-corrected chi connectivity index (χ2v) is 19.3. The molecule has 5 fully saturated rings. The molecule has 2 unspecified atom stereocenters. The smallest absolute Gasteiger partial charge is 0.251 e. The third kappa shape index (κ3) is 18.2. The van der Waals surface area contributed by atoms with Crippen molar-refractivity contribution in [1.82, 2.24) is 26.2 Å². The van der Waals surface area contributed by atoms with E-state index in [4.69, 9.17) is 20.4 Å². The summed E-state index contributed by atoms with van der Waals surface area (Å²) in [4.78, 5) is 65.7. The normalized spacial score (nSPS) is 22.4. The Morgan fingerprint density at radius 3 is 2.22 bits per heavy atom. The van der Waals surface area contributed by atoms with Crippen molar-refractivity contribution in [2.45, 2.75) is 127 Å². The van der Waals surface area contributed by atoms with E-state index in [-0.39, 0.29) is 47.3 Å². The summed E-state index contributed by atoms with van der Waals surface area (Å²) < 4.78 is 15.0. The number of halogens is 1. The summed E-state index contributed by atoms with van der Waals surface area (Å²) >= 11 is 4.53. The van der Waals surface area contributed by atoms with Crippen LogP contribution in [0.25, 0.3) is 0 Å². The van der Waals surface area contributed by atoms with Gasteiger partial charge in [0.2, 0.25) is 5.91 Å². The Morgan fingerprint density at radius 1 is 1.03 bits per heavy atom. The molecule has 2 saturated carbocycles. The van der Waals surface area contributed by atoms with Crippen LogP contribution < -0.4 is 31.9 Å². The van der Waals surface area contributed by atoms with Crippen molar-refractivity contribution in [3.8, 4) is 0 Å². The van der Waals surface area contributed by atoms with Crippen LogP contribution in [-0.2, 0) is 19.2 Å². The lowest BCUT2D eigenvalue weighted by atomic mass is 9.57. The number of anilines is 1. The van der Waals surface area contributed by atoms with Crippen LogP contribution >= 0.6 is 12.6 Å². The van der Waals surface area contributed by atoms with Crippen molar-refractivity contribution in [2.24, 2.45) is 33.0 Å². The highest BCUT2D eigenvalue weighted by molar-refractivity contribution is 7.80. The first-order valence-corrected chi connectivity index (χ1v) is 24.5. The number of hydrogen-bond donors (Lipinski definition) is 8. The average molecular weight is 972 g/mol. The Balaban J connectivity index is 0.000000446. The molecule has 2 aliphatic carbocycles. The van der Waals surface area contributed by atoms with Gasteiger partial charge in [0.25, 0.3) is 5.91 Å². The van der Waals surface area contributed by atoms with Gasteiger partial charge in [-0.25, -0.2) is 4.39 Å². The number of rotatable bonds is 15. The Labute approximate surface area is 410 Å². The molecule has 5 aliphatic rings. The third-order valence-electron chi connectivity index (χ3n) is 13.9. The molecule has 0 radical (unpaired) electrons. The molecule has 3 heterocycles. The van der Waals surface area contributed by atoms with Gasteiger partial charge in [-0.05, 0) is 141 Å². The van der Waals surface area contributed by atoms with Crippen LogP contribution in [0.4, 0.5) is 10.1 Å². The minimum absolute atomic E-state index is 0.00438. The Kier molecular flexibility index (Phi) is 27.3. The summed E-state index contributed by atoms with van der Waals surface area (Å²) in [6.07, 6.45) is 17.5. The fraction of sp³-hybridized carbons (Fsp3) is 0.660. The maximum absolute atomic E-state index is 15.0. The summed E-state index contributed by atoms with van der Waals surface area (Å²) in [6, 6.07) is 3.45. The van der Waals surface area contributed by atoms with E-state index in [2.05, 4.69) is 56.7 Å². The number of nitrogens with one attached hydrogen (secondary N) is 4. The number of aliphatic hydroxyl groups excluding tert-OH is 1. The van der Waals surface area contributed by atoms with Crippen LogP contribution in [0, 0.1) is 30.0 Å². The molecule has 68 heavy (non-hydrogen) atoms. The number of amides is 2. The molecule has 3 aliphatic heterocycles. The molecule has 8 N–H and O–H groups in total. The average Bonchev–Trinajstić information content (AvgIpc) is 3.69. The minimum Gasteiger partial charge on any atom is -0.400 e. The number of hydrogen-bond acceptors (Lipinski definition) is 14. The maximum atomic E-state index is 15.0. The molecule has 2 amide bonds. The first-order chi connectivity index (χ1) is 32.7. The highest BCUT2D eigenvalue weighted by Gasteiger charge is 2.49. The maximum Gasteiger partial charge on any atom is 0.251 e. The van der Waals surface area contributed by atoms with E-state index in [0.717, 1.165) is 115 Å². The zero-order valence-electron chi connectivity index (χ0n) is 41.4. The Bertz CT molecular complexity index is 1820. The van der Waals surface area contributed by atoms with Crippen molar-refractivity contribution in [3.63, 3.8) is 0 Å². The number of Topliss-reactive ketones (excluding diaryl/α,β-unsaturated/α-hetero) is 1. The van der Waals surface area contributed by atoms with Crippen LogP contribution in [0.3, 0.4) is 0 Å². The zero-order chi connectivity index (χ0) is 50.9. The molecule has 3 atom stereocenters. The predicted molar refractivity (Wildman–Crippen MR) is 274 cm³/mol. The number of thiol groups is 1. The molecular formula is C50H82FN9O7S. The fourth-order valence-corrected chi connectivity index (χ4v) is 9.96. The van der Waals surface area contributed by atoms with E-state index >= 15 is 4.39 Å². The largest absolute Gasteiger partial charge is 0.400 e. The highest BCUT2D eigenvalue weighted by Crippen LogP contribution is 2.53. The lowest BCUT2D eigenvalue weighted by Crippen LogP contribution is -2.53. The van der Waals surface area contributed by atoms with Crippen molar-refractivity contribution in [1.29, 1.82) is 0 Å². The van der Waals surface area contributed by atoms with Crippen LogP contribution in [0.2, 0.25) is 0 Å². The number of aliphatic imine (C=N–C) groups is 2. The first-order valence-electron chi connectivity index (χ1n) is 24.0. The number of carbonyl (C=O) groups is 5. The van der Waals surface area contributed by atoms with E-state index in [1.807, 2.05) is 43.3 Å². The zero-order valence-corrected chi connectivity index (χ0v) is 42.3. The lowest BCUT2D eigenvalue weighted by Gasteiger charge is -2.53. The van der Waals surface area contributed by atoms with E-state index in [0.29, 0.717) is 66.6 Å². The second kappa shape index (κ2) is 31.0. The number of nitrogens with two attached hydrogens (primary N) is 1. The molecule has 6 rings (SSSR count). The van der Waals surface area contributed by atoms with Crippen molar-refractivity contribution in [3.05, 3.63) is 53.0 Å². The molecule has 16 nitrogen and oxygen atoms in total. The van der Waals surface area contributed by atoms with Crippen LogP contribution in [0.5, 0.6) is 0 Å². The summed E-state index contributed by atoms with van der Waals surface area (Å²) in [5.41, 5.74) is 7.30. The van der Waals surface area contributed by atoms with Crippen molar-refractivity contribution < 1.29 is 38.6 Å². The number of amidine groups is 1. The summed E-state index contributed by atoms with van der Waals surface area (Å²) in [5, 5.41) is 31.0. The molecule has 382 valence electrons. The highest BCUT2D eigenvalue weighted by atomic mass is 32.1. The van der Waals surface area contributed by atoms with E-state index < -0.39 is 5.60 Å². The van der Waals surface area contributed by atoms with Gasteiger partial charge < -0.3 is 51.3 Å². The molecule has 3 saturated heterocycles. The monoisotopic (exact) mass is 972 g/mol. The van der Waals surface area contributed by atoms with Gasteiger partial charge in [-0.3, -0.25) is 29.7 Å². The Morgan fingerprint density at radius 2 is 1.66 bits per heavy atom. The van der Waals surface area contributed by atoms with Gasteiger partial charge in [-0.2, -0.15) is 12.6 Å². The van der Waals surface area contributed by atoms with Crippen LogP contribution in [0.1, 0.15) is 113 Å². The number of aliphatic hydroxyl groups is 2. The van der Waals surface area contributed by atoms with Gasteiger partial charge in [-0.15, -0.1) is 0 Å². The van der Waals surface area contributed by atoms with Gasteiger partial charge >= 0.3 is 0 Å². The molecule has 0 aromatic heterocycles. The van der Waals surface area contributed by atoms with Gasteiger partial charge in [0.1, 0.15) is 31.0 Å². The SMILES string of the molecule is C=N/C=C(/C=C\C1CCC[C@@]1(C)O)C(=NC)NCNC1CCNCC1.C=O.C=O.CO.Cc1cc(F)c(N2CCC3(CC2)CC(C(=O)N2CCC(S)CC2)C3)cc1C(=O)NC(C)CCC(=O)CN. The minimum atomic E-state index is -0.614. The molecule has 1 aromatic rings. The van der Waals surface area contributed by atoms with Gasteiger partial charge in [0.05, 0.1) is 24.5 Å². The summed E-state index contributed by atoms with van der Waals surface area (Å²) in [7, 11) is 2.77. The fourth-order valence-electron chi connectivity index (χ4n) is 9.73.